The Kier molecular flexibility index (Phi) is 4.81. The van der Waals surface area contributed by atoms with Crippen LogP contribution in [0.2, 0.25) is 0 Å². The molecule has 2 aromatic carbocycles. The molecule has 0 aliphatic rings. The fourth-order valence-electron chi connectivity index (χ4n) is 2.22. The normalized spacial score (nSPS) is 10.2. The van der Waals surface area contributed by atoms with E-state index < -0.39 is 5.43 Å². The van der Waals surface area contributed by atoms with E-state index in [0.29, 0.717) is 11.3 Å². The molecule has 108 valence electrons. The van der Waals surface area contributed by atoms with Crippen LogP contribution in [0.5, 0.6) is 17.2 Å². The number of hydrogen-bond acceptors (Lipinski definition) is 5. The zero-order chi connectivity index (χ0) is 15.0. The van der Waals surface area contributed by atoms with Crippen LogP contribution in [0.3, 0.4) is 0 Å². The van der Waals surface area contributed by atoms with Gasteiger partial charge in [-0.2, -0.15) is 0 Å². The van der Waals surface area contributed by atoms with Gasteiger partial charge in [0.25, 0.3) is 0 Å². The summed E-state index contributed by atoms with van der Waals surface area (Å²) in [7, 11) is 1.35. The molecule has 0 radical (unpaired) electrons. The standard InChI is InChI=1S/C16H12O5.Na.H/c1-20-15-12(19)7-10(17)14-11(18)8-13(21-16(14)15)9-5-3-2-4-6-9;;/h2-8,17,19H,1H3;;. The van der Waals surface area contributed by atoms with Crippen LogP contribution in [0.25, 0.3) is 22.3 Å². The molecule has 0 saturated carbocycles. The number of benzene rings is 2. The molecule has 1 heterocycles. The molecular weight excluding hydrogens is 295 g/mol. The summed E-state index contributed by atoms with van der Waals surface area (Å²) in [5.41, 5.74) is 0.314. The van der Waals surface area contributed by atoms with Crippen LogP contribution >= 0.6 is 0 Å². The Labute approximate surface area is 148 Å². The molecule has 2 N–H and O–H groups in total. The quantitative estimate of drug-likeness (QED) is 0.710. The van der Waals surface area contributed by atoms with Crippen molar-refractivity contribution in [3.63, 3.8) is 0 Å². The Morgan fingerprint density at radius 3 is 2.36 bits per heavy atom. The molecule has 6 heteroatoms. The summed E-state index contributed by atoms with van der Waals surface area (Å²) in [6, 6.07) is 11.4. The van der Waals surface area contributed by atoms with Crippen molar-refractivity contribution in [2.24, 2.45) is 0 Å². The van der Waals surface area contributed by atoms with Crippen molar-refractivity contribution < 1.29 is 19.4 Å². The van der Waals surface area contributed by atoms with Gasteiger partial charge < -0.3 is 19.4 Å². The van der Waals surface area contributed by atoms with E-state index in [1.165, 1.54) is 13.2 Å². The zero-order valence-electron chi connectivity index (χ0n) is 11.2. The molecule has 3 aromatic rings. The van der Waals surface area contributed by atoms with E-state index in [4.69, 9.17) is 9.15 Å². The van der Waals surface area contributed by atoms with Crippen LogP contribution in [0.15, 0.2) is 51.7 Å². The molecule has 0 saturated heterocycles. The number of hydrogen-bond donors (Lipinski definition) is 2. The first-order chi connectivity index (χ1) is 10.1. The number of phenolic OH excluding ortho intramolecular Hbond substituents is 2. The molecule has 5 nitrogen and oxygen atoms in total. The van der Waals surface area contributed by atoms with Crippen LogP contribution in [0.4, 0.5) is 0 Å². The van der Waals surface area contributed by atoms with Crippen LogP contribution < -0.4 is 10.2 Å². The van der Waals surface area contributed by atoms with E-state index in [-0.39, 0.29) is 57.8 Å². The van der Waals surface area contributed by atoms with Crippen molar-refractivity contribution in [1.29, 1.82) is 0 Å². The van der Waals surface area contributed by atoms with Crippen LogP contribution in [-0.4, -0.2) is 46.9 Å². The molecule has 22 heavy (non-hydrogen) atoms. The van der Waals surface area contributed by atoms with Crippen LogP contribution in [-0.2, 0) is 0 Å². The third-order valence-corrected chi connectivity index (χ3v) is 3.18. The third kappa shape index (κ3) is 2.70. The Hall–Kier alpha value is -1.95. The monoisotopic (exact) mass is 308 g/mol. The summed E-state index contributed by atoms with van der Waals surface area (Å²) in [5.74, 6) is -0.304. The molecule has 0 fully saturated rings. The first kappa shape index (κ1) is 16.4. The van der Waals surface area contributed by atoms with Gasteiger partial charge in [0.2, 0.25) is 5.75 Å². The number of ether oxygens (including phenoxy) is 1. The van der Waals surface area contributed by atoms with Crippen molar-refractivity contribution in [2.45, 2.75) is 0 Å². The van der Waals surface area contributed by atoms with Gasteiger partial charge in [-0.25, -0.2) is 0 Å². The summed E-state index contributed by atoms with van der Waals surface area (Å²) in [6.07, 6.45) is 0. The van der Waals surface area contributed by atoms with Gasteiger partial charge in [-0.3, -0.25) is 4.79 Å². The first-order valence-electron chi connectivity index (χ1n) is 6.24. The van der Waals surface area contributed by atoms with E-state index >= 15 is 0 Å². The van der Waals surface area contributed by atoms with Gasteiger partial charge in [0.15, 0.2) is 16.8 Å². The first-order valence-corrected chi connectivity index (χ1v) is 6.24. The second kappa shape index (κ2) is 6.44. The molecule has 0 spiro atoms. The molecule has 0 aliphatic heterocycles. The number of methoxy groups -OCH3 is 1. The van der Waals surface area contributed by atoms with Crippen LogP contribution in [0, 0.1) is 0 Å². The molecule has 0 amide bonds. The Balaban J connectivity index is 0.00000176. The van der Waals surface area contributed by atoms with E-state index in [1.54, 1.807) is 12.1 Å². The van der Waals surface area contributed by atoms with Gasteiger partial charge in [-0.1, -0.05) is 30.3 Å². The van der Waals surface area contributed by atoms with Crippen molar-refractivity contribution >= 4 is 40.5 Å². The van der Waals surface area contributed by atoms with Gasteiger partial charge in [0.05, 0.1) is 7.11 Å². The second-order valence-electron chi connectivity index (χ2n) is 4.49. The fraction of sp³-hybridized carbons (Fsp3) is 0.0625. The molecule has 0 bridgehead atoms. The Bertz CT molecular complexity index is 871. The number of rotatable bonds is 2. The average Bonchev–Trinajstić information content (AvgIpc) is 2.47. The van der Waals surface area contributed by atoms with Gasteiger partial charge in [0, 0.05) is 17.7 Å². The van der Waals surface area contributed by atoms with Gasteiger partial charge in [-0.15, -0.1) is 0 Å². The van der Waals surface area contributed by atoms with E-state index in [1.807, 2.05) is 18.2 Å². The average molecular weight is 308 g/mol. The fourth-order valence-corrected chi connectivity index (χ4v) is 2.22. The molecule has 0 atom stereocenters. The maximum atomic E-state index is 12.2. The van der Waals surface area contributed by atoms with Crippen molar-refractivity contribution in [1.82, 2.24) is 0 Å². The third-order valence-electron chi connectivity index (χ3n) is 3.18. The van der Waals surface area contributed by atoms with Crippen molar-refractivity contribution in [3.05, 3.63) is 52.7 Å². The predicted octanol–water partition coefficient (Wildman–Crippen LogP) is 2.23. The number of fused-ring (bicyclic) bond motifs is 1. The van der Waals surface area contributed by atoms with Crippen molar-refractivity contribution in [2.75, 3.05) is 7.11 Å². The van der Waals surface area contributed by atoms with Gasteiger partial charge >= 0.3 is 29.6 Å². The van der Waals surface area contributed by atoms with Crippen molar-refractivity contribution in [3.8, 4) is 28.6 Å². The van der Waals surface area contributed by atoms with Gasteiger partial charge in [0.1, 0.15) is 16.9 Å². The molecule has 0 aliphatic carbocycles. The molecule has 0 unspecified atom stereocenters. The Morgan fingerprint density at radius 1 is 1.05 bits per heavy atom. The second-order valence-corrected chi connectivity index (χ2v) is 4.49. The molecule has 1 aromatic heterocycles. The number of phenols is 2. The van der Waals surface area contributed by atoms with Gasteiger partial charge in [-0.05, 0) is 0 Å². The minimum absolute atomic E-state index is 0. The summed E-state index contributed by atoms with van der Waals surface area (Å²) in [5, 5.41) is 19.6. The van der Waals surface area contributed by atoms with E-state index in [0.717, 1.165) is 6.07 Å². The zero-order valence-corrected chi connectivity index (χ0v) is 11.2. The predicted molar refractivity (Wildman–Crippen MR) is 85.0 cm³/mol. The summed E-state index contributed by atoms with van der Waals surface area (Å²) >= 11 is 0. The molecular formula is C16H13NaO5. The van der Waals surface area contributed by atoms with E-state index in [2.05, 4.69) is 0 Å². The summed E-state index contributed by atoms with van der Waals surface area (Å²) in [6.45, 7) is 0. The Morgan fingerprint density at radius 2 is 1.73 bits per heavy atom. The minimum atomic E-state index is -0.411. The van der Waals surface area contributed by atoms with E-state index in [9.17, 15) is 15.0 Å². The van der Waals surface area contributed by atoms with Crippen LogP contribution in [0.1, 0.15) is 0 Å². The SMILES string of the molecule is COc1c(O)cc(O)c2c(=O)cc(-c3ccccc3)oc12.[NaH]. The maximum absolute atomic E-state index is 12.2. The molecule has 3 rings (SSSR count). The number of aromatic hydroxyl groups is 2. The topological polar surface area (TPSA) is 79.9 Å². The summed E-state index contributed by atoms with van der Waals surface area (Å²) in [4.78, 5) is 12.2. The summed E-state index contributed by atoms with van der Waals surface area (Å²) < 4.78 is 10.7.